The van der Waals surface area contributed by atoms with E-state index < -0.39 is 5.97 Å². The Bertz CT molecular complexity index is 1360. The number of allylic oxidation sites excluding steroid dienone is 1. The molecular formula is C26H23N3O4. The molecule has 0 N–H and O–H groups in total. The van der Waals surface area contributed by atoms with E-state index in [-0.39, 0.29) is 12.5 Å². The Morgan fingerprint density at radius 2 is 1.91 bits per heavy atom. The van der Waals surface area contributed by atoms with E-state index in [4.69, 9.17) is 19.0 Å². The summed E-state index contributed by atoms with van der Waals surface area (Å²) in [6.45, 7) is 1.87. The van der Waals surface area contributed by atoms with E-state index >= 15 is 0 Å². The summed E-state index contributed by atoms with van der Waals surface area (Å²) in [4.78, 5) is 22.3. The van der Waals surface area contributed by atoms with Crippen molar-refractivity contribution in [3.63, 3.8) is 0 Å². The molecule has 2 aromatic carbocycles. The van der Waals surface area contributed by atoms with E-state index in [2.05, 4.69) is 16.2 Å². The summed E-state index contributed by atoms with van der Waals surface area (Å²) in [6, 6.07) is 15.5. The van der Waals surface area contributed by atoms with Crippen molar-refractivity contribution in [2.75, 3.05) is 7.11 Å². The van der Waals surface area contributed by atoms with Crippen molar-refractivity contribution in [1.29, 1.82) is 0 Å². The van der Waals surface area contributed by atoms with E-state index in [0.717, 1.165) is 51.9 Å². The SMILES string of the molecule is CCc1noc(COC(=O)c2c3c(nc4ccccc24)/C(=C/c2ccc(OC)cc2)CC3)n1. The number of benzene rings is 2. The zero-order chi connectivity index (χ0) is 22.8. The fourth-order valence-electron chi connectivity index (χ4n) is 4.11. The lowest BCUT2D eigenvalue weighted by atomic mass is 10.0. The summed E-state index contributed by atoms with van der Waals surface area (Å²) in [7, 11) is 1.65. The van der Waals surface area contributed by atoms with Gasteiger partial charge in [0.25, 0.3) is 5.89 Å². The van der Waals surface area contributed by atoms with E-state index in [1.54, 1.807) is 7.11 Å². The average Bonchev–Trinajstić information content (AvgIpc) is 3.48. The number of aromatic nitrogens is 3. The number of carbonyl (C=O) groups is 1. The standard InChI is InChI=1S/C26H23N3O4/c1-3-22-28-23(33-29-22)15-32-26(30)24-19-6-4-5-7-21(19)27-25-17(10-13-20(24)25)14-16-8-11-18(31-2)12-9-16/h4-9,11-12,14H,3,10,13,15H2,1-2H3/b17-14+. The summed E-state index contributed by atoms with van der Waals surface area (Å²) in [5.41, 5.74) is 5.24. The molecule has 5 rings (SSSR count). The number of carbonyl (C=O) groups excluding carboxylic acids is 1. The Kier molecular flexibility index (Phi) is 5.60. The molecule has 0 spiro atoms. The van der Waals surface area contributed by atoms with Crippen LogP contribution in [0.2, 0.25) is 0 Å². The van der Waals surface area contributed by atoms with Gasteiger partial charge < -0.3 is 14.0 Å². The Labute approximate surface area is 191 Å². The molecule has 0 amide bonds. The van der Waals surface area contributed by atoms with Crippen molar-refractivity contribution in [3.8, 4) is 5.75 Å². The molecule has 0 saturated carbocycles. The van der Waals surface area contributed by atoms with Gasteiger partial charge in [0.2, 0.25) is 0 Å². The maximum absolute atomic E-state index is 13.2. The second-order valence-electron chi connectivity index (χ2n) is 7.81. The number of ether oxygens (including phenoxy) is 2. The van der Waals surface area contributed by atoms with Gasteiger partial charge in [-0.15, -0.1) is 0 Å². The third-order valence-corrected chi connectivity index (χ3v) is 5.76. The van der Waals surface area contributed by atoms with Gasteiger partial charge in [0.05, 0.1) is 23.9 Å². The first-order chi connectivity index (χ1) is 16.2. The number of nitrogens with zero attached hydrogens (tertiary/aromatic N) is 3. The zero-order valence-electron chi connectivity index (χ0n) is 18.5. The second kappa shape index (κ2) is 8.86. The molecule has 166 valence electrons. The minimum absolute atomic E-state index is 0.0637. The van der Waals surface area contributed by atoms with Crippen LogP contribution in [0.5, 0.6) is 5.75 Å². The first-order valence-electron chi connectivity index (χ1n) is 10.9. The lowest BCUT2D eigenvalue weighted by Gasteiger charge is -2.11. The fourth-order valence-corrected chi connectivity index (χ4v) is 4.11. The maximum atomic E-state index is 13.2. The first-order valence-corrected chi connectivity index (χ1v) is 10.9. The largest absolute Gasteiger partial charge is 0.497 e. The van der Waals surface area contributed by atoms with Crippen LogP contribution in [-0.2, 0) is 24.2 Å². The van der Waals surface area contributed by atoms with Gasteiger partial charge in [-0.1, -0.05) is 42.4 Å². The predicted octanol–water partition coefficient (Wildman–Crippen LogP) is 5.03. The molecule has 0 atom stereocenters. The lowest BCUT2D eigenvalue weighted by molar-refractivity contribution is 0.0431. The molecule has 0 bridgehead atoms. The average molecular weight is 441 g/mol. The van der Waals surface area contributed by atoms with Crippen LogP contribution in [0.3, 0.4) is 0 Å². The second-order valence-corrected chi connectivity index (χ2v) is 7.81. The molecule has 0 fully saturated rings. The minimum atomic E-state index is -0.410. The minimum Gasteiger partial charge on any atom is -0.497 e. The summed E-state index contributed by atoms with van der Waals surface area (Å²) >= 11 is 0. The number of pyridine rings is 1. The third-order valence-electron chi connectivity index (χ3n) is 5.76. The third kappa shape index (κ3) is 4.09. The molecule has 1 aliphatic rings. The summed E-state index contributed by atoms with van der Waals surface area (Å²) in [5, 5.41) is 4.64. The fraction of sp³-hybridized carbons (Fsp3) is 0.231. The van der Waals surface area contributed by atoms with Crippen LogP contribution in [0, 0.1) is 0 Å². The van der Waals surface area contributed by atoms with Gasteiger partial charge >= 0.3 is 5.97 Å². The number of para-hydroxylation sites is 1. The van der Waals surface area contributed by atoms with Crippen LogP contribution in [0.15, 0.2) is 53.1 Å². The van der Waals surface area contributed by atoms with Crippen molar-refractivity contribution >= 4 is 28.5 Å². The Morgan fingerprint density at radius 1 is 1.09 bits per heavy atom. The normalized spacial score (nSPS) is 13.9. The van der Waals surface area contributed by atoms with Crippen LogP contribution >= 0.6 is 0 Å². The van der Waals surface area contributed by atoms with Gasteiger partial charge in [-0.3, -0.25) is 0 Å². The summed E-state index contributed by atoms with van der Waals surface area (Å²) in [5.74, 6) is 1.28. The molecule has 0 aliphatic heterocycles. The van der Waals surface area contributed by atoms with Gasteiger partial charge in [0.1, 0.15) is 5.75 Å². The molecule has 7 heteroatoms. The summed E-state index contributed by atoms with van der Waals surface area (Å²) < 4.78 is 16.0. The molecule has 1 aliphatic carbocycles. The first kappa shape index (κ1) is 20.9. The van der Waals surface area contributed by atoms with Crippen LogP contribution in [-0.4, -0.2) is 28.2 Å². The zero-order valence-corrected chi connectivity index (χ0v) is 18.5. The van der Waals surface area contributed by atoms with E-state index in [0.29, 0.717) is 17.8 Å². The molecule has 0 saturated heterocycles. The molecule has 7 nitrogen and oxygen atoms in total. The van der Waals surface area contributed by atoms with Crippen LogP contribution in [0.1, 0.15) is 52.2 Å². The molecule has 2 heterocycles. The van der Waals surface area contributed by atoms with Crippen molar-refractivity contribution in [3.05, 3.63) is 82.6 Å². The maximum Gasteiger partial charge on any atom is 0.339 e. The number of hydrogen-bond acceptors (Lipinski definition) is 7. The smallest absolute Gasteiger partial charge is 0.339 e. The topological polar surface area (TPSA) is 87.3 Å². The van der Waals surface area contributed by atoms with Crippen molar-refractivity contribution < 1.29 is 18.8 Å². The van der Waals surface area contributed by atoms with Gasteiger partial charge in [-0.25, -0.2) is 9.78 Å². The number of methoxy groups -OCH3 is 1. The lowest BCUT2D eigenvalue weighted by Crippen LogP contribution is -2.10. The highest BCUT2D eigenvalue weighted by Crippen LogP contribution is 2.38. The molecule has 0 radical (unpaired) electrons. The highest BCUT2D eigenvalue weighted by Gasteiger charge is 2.28. The monoisotopic (exact) mass is 441 g/mol. The summed E-state index contributed by atoms with van der Waals surface area (Å²) in [6.07, 6.45) is 4.30. The van der Waals surface area contributed by atoms with Crippen molar-refractivity contribution in [2.45, 2.75) is 32.8 Å². The molecular weight excluding hydrogens is 418 g/mol. The van der Waals surface area contributed by atoms with E-state index in [1.807, 2.05) is 55.5 Å². The Morgan fingerprint density at radius 3 is 2.67 bits per heavy atom. The molecule has 33 heavy (non-hydrogen) atoms. The number of hydrogen-bond donors (Lipinski definition) is 0. The molecule has 0 unspecified atom stereocenters. The number of aryl methyl sites for hydroxylation is 1. The van der Waals surface area contributed by atoms with Crippen LogP contribution in [0.25, 0.3) is 22.6 Å². The quantitative estimate of drug-likeness (QED) is 0.388. The molecule has 2 aromatic heterocycles. The highest BCUT2D eigenvalue weighted by molar-refractivity contribution is 6.07. The Hall–Kier alpha value is -4.00. The highest BCUT2D eigenvalue weighted by atomic mass is 16.6. The van der Waals surface area contributed by atoms with E-state index in [9.17, 15) is 4.79 Å². The van der Waals surface area contributed by atoms with Gasteiger partial charge in [-0.2, -0.15) is 4.98 Å². The van der Waals surface area contributed by atoms with Crippen LogP contribution < -0.4 is 4.74 Å². The van der Waals surface area contributed by atoms with Gasteiger partial charge in [0, 0.05) is 11.8 Å². The number of esters is 1. The molecule has 4 aromatic rings. The number of rotatable bonds is 6. The number of fused-ring (bicyclic) bond motifs is 2. The van der Waals surface area contributed by atoms with Gasteiger partial charge in [-0.05, 0) is 53.8 Å². The van der Waals surface area contributed by atoms with Crippen molar-refractivity contribution in [1.82, 2.24) is 15.1 Å². The van der Waals surface area contributed by atoms with Crippen molar-refractivity contribution in [2.24, 2.45) is 0 Å². The Balaban J connectivity index is 1.51. The van der Waals surface area contributed by atoms with Gasteiger partial charge in [0.15, 0.2) is 12.4 Å². The van der Waals surface area contributed by atoms with E-state index in [1.165, 1.54) is 0 Å². The van der Waals surface area contributed by atoms with Crippen LogP contribution in [0.4, 0.5) is 0 Å². The predicted molar refractivity (Wildman–Crippen MR) is 124 cm³/mol.